The Morgan fingerprint density at radius 1 is 0.944 bits per heavy atom. The predicted octanol–water partition coefficient (Wildman–Crippen LogP) is 4.51. The van der Waals surface area contributed by atoms with Gasteiger partial charge in [-0.25, -0.2) is 0 Å². The molecule has 6 atom stereocenters. The van der Waals surface area contributed by atoms with E-state index in [0.717, 1.165) is 23.7 Å². The standard InChI is InChI=1S/C17H30O/c1-10-9-12-7-8-13-14(15(12)18-10)17(5,6)11(2)16(13,3)4/h10-15H,7-9H2,1-6H3. The molecule has 0 N–H and O–H groups in total. The number of fused-ring (bicyclic) bond motifs is 3. The first-order valence-electron chi connectivity index (χ1n) is 7.91. The van der Waals surface area contributed by atoms with Crippen LogP contribution in [0.1, 0.15) is 60.8 Å². The lowest BCUT2D eigenvalue weighted by atomic mass is 9.64. The highest BCUT2D eigenvalue weighted by atomic mass is 16.5. The monoisotopic (exact) mass is 250 g/mol. The van der Waals surface area contributed by atoms with Crippen molar-refractivity contribution in [3.05, 3.63) is 0 Å². The Labute approximate surface area is 113 Å². The van der Waals surface area contributed by atoms with Gasteiger partial charge in [-0.1, -0.05) is 34.6 Å². The summed E-state index contributed by atoms with van der Waals surface area (Å²) < 4.78 is 6.36. The fourth-order valence-corrected chi connectivity index (χ4v) is 5.80. The van der Waals surface area contributed by atoms with Crippen LogP contribution in [0.4, 0.5) is 0 Å². The molecule has 1 aliphatic heterocycles. The molecule has 1 heteroatoms. The predicted molar refractivity (Wildman–Crippen MR) is 75.4 cm³/mol. The first-order chi connectivity index (χ1) is 8.26. The molecule has 0 aromatic heterocycles. The summed E-state index contributed by atoms with van der Waals surface area (Å²) in [5.41, 5.74) is 0.913. The van der Waals surface area contributed by atoms with Gasteiger partial charge in [0.15, 0.2) is 0 Å². The molecule has 1 heterocycles. The maximum Gasteiger partial charge on any atom is 0.0644 e. The summed E-state index contributed by atoms with van der Waals surface area (Å²) in [6, 6.07) is 0. The summed E-state index contributed by atoms with van der Waals surface area (Å²) in [6.45, 7) is 14.7. The van der Waals surface area contributed by atoms with Crippen LogP contribution in [-0.4, -0.2) is 12.2 Å². The molecule has 104 valence electrons. The van der Waals surface area contributed by atoms with E-state index in [4.69, 9.17) is 4.74 Å². The van der Waals surface area contributed by atoms with Gasteiger partial charge in [0, 0.05) is 0 Å². The average Bonchev–Trinajstić information content (AvgIpc) is 2.70. The van der Waals surface area contributed by atoms with Gasteiger partial charge in [-0.2, -0.15) is 0 Å². The molecule has 0 bridgehead atoms. The maximum absolute atomic E-state index is 6.36. The number of hydrogen-bond acceptors (Lipinski definition) is 1. The minimum atomic E-state index is 0.432. The topological polar surface area (TPSA) is 9.23 Å². The van der Waals surface area contributed by atoms with E-state index in [9.17, 15) is 0 Å². The largest absolute Gasteiger partial charge is 0.375 e. The Morgan fingerprint density at radius 3 is 2.28 bits per heavy atom. The van der Waals surface area contributed by atoms with Crippen LogP contribution in [-0.2, 0) is 4.74 Å². The second kappa shape index (κ2) is 3.75. The number of rotatable bonds is 0. The van der Waals surface area contributed by atoms with Crippen molar-refractivity contribution in [2.24, 2.45) is 34.5 Å². The Hall–Kier alpha value is -0.0400. The van der Waals surface area contributed by atoms with E-state index in [1.807, 2.05) is 0 Å². The van der Waals surface area contributed by atoms with Crippen LogP contribution in [0.2, 0.25) is 0 Å². The summed E-state index contributed by atoms with van der Waals surface area (Å²) in [6.07, 6.45) is 5.19. The minimum Gasteiger partial charge on any atom is -0.375 e. The van der Waals surface area contributed by atoms with E-state index < -0.39 is 0 Å². The Morgan fingerprint density at radius 2 is 1.61 bits per heavy atom. The van der Waals surface area contributed by atoms with Gasteiger partial charge in [0.2, 0.25) is 0 Å². The third kappa shape index (κ3) is 1.49. The molecule has 1 saturated heterocycles. The second-order valence-corrected chi connectivity index (χ2v) is 8.48. The molecule has 0 aromatic rings. The smallest absolute Gasteiger partial charge is 0.0644 e. The van der Waals surface area contributed by atoms with Crippen molar-refractivity contribution in [3.8, 4) is 0 Å². The molecule has 1 nitrogen and oxygen atoms in total. The lowest BCUT2D eigenvalue weighted by molar-refractivity contribution is -0.0642. The lowest BCUT2D eigenvalue weighted by Crippen LogP contribution is -2.42. The molecule has 0 radical (unpaired) electrons. The first kappa shape index (κ1) is 13.0. The van der Waals surface area contributed by atoms with Gasteiger partial charge in [0.1, 0.15) is 0 Å². The summed E-state index contributed by atoms with van der Waals surface area (Å²) in [5, 5.41) is 0. The Bertz CT molecular complexity index is 344. The van der Waals surface area contributed by atoms with Gasteiger partial charge < -0.3 is 4.74 Å². The van der Waals surface area contributed by atoms with Crippen LogP contribution >= 0.6 is 0 Å². The third-order valence-corrected chi connectivity index (χ3v) is 7.17. The van der Waals surface area contributed by atoms with Crippen molar-refractivity contribution in [2.75, 3.05) is 0 Å². The minimum absolute atomic E-state index is 0.432. The van der Waals surface area contributed by atoms with Crippen molar-refractivity contribution in [3.63, 3.8) is 0 Å². The Kier molecular flexibility index (Phi) is 2.70. The third-order valence-electron chi connectivity index (χ3n) is 7.17. The molecular formula is C17H30O. The summed E-state index contributed by atoms with van der Waals surface area (Å²) >= 11 is 0. The normalized spacial score (nSPS) is 53.0. The van der Waals surface area contributed by atoms with E-state index in [0.29, 0.717) is 23.0 Å². The highest BCUT2D eigenvalue weighted by Crippen LogP contribution is 2.66. The van der Waals surface area contributed by atoms with Crippen LogP contribution in [0, 0.1) is 34.5 Å². The molecule has 3 fully saturated rings. The maximum atomic E-state index is 6.36. The van der Waals surface area contributed by atoms with E-state index >= 15 is 0 Å². The molecule has 3 rings (SSSR count). The molecule has 18 heavy (non-hydrogen) atoms. The average molecular weight is 250 g/mol. The van der Waals surface area contributed by atoms with Crippen molar-refractivity contribution in [2.45, 2.75) is 73.0 Å². The van der Waals surface area contributed by atoms with Gasteiger partial charge in [-0.15, -0.1) is 0 Å². The quantitative estimate of drug-likeness (QED) is 0.614. The molecule has 0 spiro atoms. The lowest BCUT2D eigenvalue weighted by Gasteiger charge is -2.43. The van der Waals surface area contributed by atoms with Gasteiger partial charge in [0.25, 0.3) is 0 Å². The van der Waals surface area contributed by atoms with E-state index in [1.165, 1.54) is 19.3 Å². The van der Waals surface area contributed by atoms with E-state index in [2.05, 4.69) is 41.5 Å². The van der Waals surface area contributed by atoms with Crippen LogP contribution in [0.25, 0.3) is 0 Å². The summed E-state index contributed by atoms with van der Waals surface area (Å²) in [7, 11) is 0. The zero-order valence-electron chi connectivity index (χ0n) is 13.0. The molecule has 2 aliphatic carbocycles. The second-order valence-electron chi connectivity index (χ2n) is 8.48. The zero-order chi connectivity index (χ0) is 13.3. The first-order valence-corrected chi connectivity index (χ1v) is 7.91. The van der Waals surface area contributed by atoms with E-state index in [-0.39, 0.29) is 0 Å². The van der Waals surface area contributed by atoms with Gasteiger partial charge in [-0.05, 0) is 60.7 Å². The van der Waals surface area contributed by atoms with Crippen molar-refractivity contribution in [1.29, 1.82) is 0 Å². The fraction of sp³-hybridized carbons (Fsp3) is 1.00. The zero-order valence-corrected chi connectivity index (χ0v) is 13.0. The van der Waals surface area contributed by atoms with Crippen molar-refractivity contribution >= 4 is 0 Å². The highest BCUT2D eigenvalue weighted by Gasteiger charge is 2.63. The SMILES string of the molecule is CC1CC2CCC3C(C2O1)C(C)(C)C(C)C3(C)C. The van der Waals surface area contributed by atoms with Crippen molar-refractivity contribution in [1.82, 2.24) is 0 Å². The number of ether oxygens (including phenoxy) is 1. The van der Waals surface area contributed by atoms with Crippen LogP contribution in [0.3, 0.4) is 0 Å². The van der Waals surface area contributed by atoms with Crippen LogP contribution in [0.5, 0.6) is 0 Å². The molecule has 0 amide bonds. The molecule has 6 unspecified atom stereocenters. The van der Waals surface area contributed by atoms with Crippen LogP contribution < -0.4 is 0 Å². The molecule has 2 saturated carbocycles. The molecule has 0 aromatic carbocycles. The van der Waals surface area contributed by atoms with Gasteiger partial charge in [-0.3, -0.25) is 0 Å². The van der Waals surface area contributed by atoms with Gasteiger partial charge in [0.05, 0.1) is 12.2 Å². The summed E-state index contributed by atoms with van der Waals surface area (Å²) in [4.78, 5) is 0. The van der Waals surface area contributed by atoms with Gasteiger partial charge >= 0.3 is 0 Å². The Balaban J connectivity index is 1.98. The number of hydrogen-bond donors (Lipinski definition) is 0. The highest BCUT2D eigenvalue weighted by molar-refractivity contribution is 5.11. The molecular weight excluding hydrogens is 220 g/mol. The fourth-order valence-electron chi connectivity index (χ4n) is 5.80. The van der Waals surface area contributed by atoms with E-state index in [1.54, 1.807) is 0 Å². The van der Waals surface area contributed by atoms with Crippen molar-refractivity contribution < 1.29 is 4.74 Å². The van der Waals surface area contributed by atoms with Crippen LogP contribution in [0.15, 0.2) is 0 Å². The summed E-state index contributed by atoms with van der Waals surface area (Å²) in [5.74, 6) is 3.29. The molecule has 3 aliphatic rings.